The number of hydrogen-bond acceptors (Lipinski definition) is 6. The summed E-state index contributed by atoms with van der Waals surface area (Å²) >= 11 is 6.03. The van der Waals surface area contributed by atoms with Crippen LogP contribution in [0.5, 0.6) is 0 Å². The first kappa shape index (κ1) is 23.0. The van der Waals surface area contributed by atoms with Crippen molar-refractivity contribution in [2.45, 2.75) is 45.7 Å². The molecule has 2 aromatic heterocycles. The summed E-state index contributed by atoms with van der Waals surface area (Å²) in [6.07, 6.45) is -0.645. The zero-order valence-corrected chi connectivity index (χ0v) is 17.8. The maximum Gasteiger partial charge on any atom is 0.223 e. The highest BCUT2D eigenvalue weighted by Gasteiger charge is 2.30. The van der Waals surface area contributed by atoms with E-state index in [4.69, 9.17) is 26.8 Å². The molecule has 0 fully saturated rings. The second-order valence-corrected chi connectivity index (χ2v) is 6.51. The van der Waals surface area contributed by atoms with Crippen molar-refractivity contribution >= 4 is 28.7 Å². The molecule has 2 heterocycles. The number of ether oxygens (including phenoxy) is 2. The van der Waals surface area contributed by atoms with E-state index >= 15 is 4.39 Å². The van der Waals surface area contributed by atoms with Crippen molar-refractivity contribution in [3.63, 3.8) is 0 Å². The largest absolute Gasteiger partial charge is 0.376 e. The van der Waals surface area contributed by atoms with Crippen LogP contribution in [0.1, 0.15) is 32.4 Å². The fourth-order valence-corrected chi connectivity index (χ4v) is 3.04. The van der Waals surface area contributed by atoms with Crippen LogP contribution in [0.3, 0.4) is 0 Å². The molecule has 0 saturated heterocycles. The van der Waals surface area contributed by atoms with Crippen LogP contribution >= 0.6 is 11.6 Å². The molecule has 3 unspecified atom stereocenters. The van der Waals surface area contributed by atoms with E-state index in [0.717, 1.165) is 5.56 Å². The van der Waals surface area contributed by atoms with Crippen molar-refractivity contribution in [1.82, 2.24) is 19.5 Å². The van der Waals surface area contributed by atoms with Crippen LogP contribution in [0.25, 0.3) is 11.2 Å². The van der Waals surface area contributed by atoms with E-state index in [1.54, 1.807) is 11.5 Å². The summed E-state index contributed by atoms with van der Waals surface area (Å²) < 4.78 is 27.6. The molecule has 0 aliphatic heterocycles. The molecule has 2 N–H and O–H groups in total. The number of benzene rings is 1. The summed E-state index contributed by atoms with van der Waals surface area (Å²) in [5.41, 5.74) is 7.41. The number of hydrogen-bond donors (Lipinski definition) is 1. The highest BCUT2D eigenvalue weighted by Crippen LogP contribution is 2.26. The van der Waals surface area contributed by atoms with E-state index in [2.05, 4.69) is 15.0 Å². The third-order valence-corrected chi connectivity index (χ3v) is 4.61. The summed E-state index contributed by atoms with van der Waals surface area (Å²) in [6, 6.07) is 9.06. The van der Waals surface area contributed by atoms with Crippen LogP contribution < -0.4 is 5.73 Å². The molecular formula is C20H27ClFN5O2. The topological polar surface area (TPSA) is 88.1 Å². The number of nitrogens with two attached hydrogens (primary N) is 1. The fraction of sp³-hybridized carbons (Fsp3) is 0.450. The summed E-state index contributed by atoms with van der Waals surface area (Å²) in [6.45, 7) is 6.21. The van der Waals surface area contributed by atoms with Crippen molar-refractivity contribution in [2.75, 3.05) is 19.5 Å². The quantitative estimate of drug-likeness (QED) is 0.546. The first-order valence-corrected chi connectivity index (χ1v) is 9.83. The monoisotopic (exact) mass is 423 g/mol. The van der Waals surface area contributed by atoms with Crippen LogP contribution in [-0.4, -0.2) is 45.5 Å². The SMILES string of the molecule is CC.COC(COCc1ccccc1)C(F)C(C)n1cnc2c(Cl)nc(N)nc21. The smallest absolute Gasteiger partial charge is 0.223 e. The van der Waals surface area contributed by atoms with Gasteiger partial charge in [0, 0.05) is 7.11 Å². The van der Waals surface area contributed by atoms with Gasteiger partial charge in [-0.3, -0.25) is 0 Å². The average Bonchev–Trinajstić information content (AvgIpc) is 3.16. The number of halogens is 2. The molecule has 0 aliphatic rings. The molecule has 3 atom stereocenters. The van der Waals surface area contributed by atoms with Gasteiger partial charge in [-0.15, -0.1) is 0 Å². The van der Waals surface area contributed by atoms with E-state index < -0.39 is 18.3 Å². The van der Waals surface area contributed by atoms with Gasteiger partial charge in [0.2, 0.25) is 5.95 Å². The number of anilines is 1. The number of nitrogen functional groups attached to an aromatic ring is 1. The molecule has 158 valence electrons. The lowest BCUT2D eigenvalue weighted by Crippen LogP contribution is -2.35. The van der Waals surface area contributed by atoms with Crippen molar-refractivity contribution in [3.8, 4) is 0 Å². The minimum Gasteiger partial charge on any atom is -0.376 e. The van der Waals surface area contributed by atoms with E-state index in [0.29, 0.717) is 17.8 Å². The van der Waals surface area contributed by atoms with Crippen molar-refractivity contribution in [1.29, 1.82) is 0 Å². The first-order chi connectivity index (χ1) is 14.0. The maximum absolute atomic E-state index is 15.1. The number of aromatic nitrogens is 4. The number of imidazole rings is 1. The number of methoxy groups -OCH3 is 1. The van der Waals surface area contributed by atoms with E-state index in [-0.39, 0.29) is 17.7 Å². The molecule has 7 nitrogen and oxygen atoms in total. The number of nitrogens with zero attached hydrogens (tertiary/aromatic N) is 4. The Balaban J connectivity index is 0.00000145. The van der Waals surface area contributed by atoms with Gasteiger partial charge in [0.1, 0.15) is 17.8 Å². The second-order valence-electron chi connectivity index (χ2n) is 6.16. The second kappa shape index (κ2) is 11.0. The lowest BCUT2D eigenvalue weighted by atomic mass is 10.1. The molecule has 3 rings (SSSR count). The molecule has 0 bridgehead atoms. The minimum absolute atomic E-state index is 0.00587. The molecule has 0 radical (unpaired) electrons. The number of alkyl halides is 1. The third-order valence-electron chi connectivity index (χ3n) is 4.35. The van der Waals surface area contributed by atoms with Crippen molar-refractivity contribution in [2.24, 2.45) is 0 Å². The Kier molecular flexibility index (Phi) is 8.75. The molecule has 29 heavy (non-hydrogen) atoms. The molecule has 3 aromatic rings. The highest BCUT2D eigenvalue weighted by atomic mass is 35.5. The molecule has 0 amide bonds. The molecule has 0 spiro atoms. The zero-order chi connectivity index (χ0) is 21.4. The van der Waals surface area contributed by atoms with Crippen molar-refractivity contribution in [3.05, 3.63) is 47.4 Å². The van der Waals surface area contributed by atoms with Gasteiger partial charge in [0.25, 0.3) is 0 Å². The summed E-state index contributed by atoms with van der Waals surface area (Å²) in [7, 11) is 1.46. The lowest BCUT2D eigenvalue weighted by molar-refractivity contribution is -0.0491. The van der Waals surface area contributed by atoms with Crippen LogP contribution in [-0.2, 0) is 16.1 Å². The molecule has 0 aliphatic carbocycles. The Morgan fingerprint density at radius 1 is 1.21 bits per heavy atom. The molecular weight excluding hydrogens is 397 g/mol. The van der Waals surface area contributed by atoms with E-state index in [9.17, 15) is 0 Å². The van der Waals surface area contributed by atoms with Gasteiger partial charge in [-0.05, 0) is 12.5 Å². The van der Waals surface area contributed by atoms with Gasteiger partial charge in [0.15, 0.2) is 10.8 Å². The van der Waals surface area contributed by atoms with Gasteiger partial charge in [-0.1, -0.05) is 55.8 Å². The van der Waals surface area contributed by atoms with Crippen LogP contribution in [0.15, 0.2) is 36.7 Å². The third kappa shape index (κ3) is 5.62. The van der Waals surface area contributed by atoms with Crippen LogP contribution in [0.4, 0.5) is 10.3 Å². The molecule has 9 heteroatoms. The normalized spacial score (nSPS) is 14.1. The Bertz CT molecular complexity index is 893. The standard InChI is InChI=1S/C18H21ClFN5O2.C2H6/c1-11(25-10-22-15-16(19)23-18(21)24-17(15)25)14(20)13(26-2)9-27-8-12-6-4-3-5-7-12;1-2/h3-7,10-11,13-14H,8-9H2,1-2H3,(H2,21,23,24);1-2H3. The highest BCUT2D eigenvalue weighted by molar-refractivity contribution is 6.33. The van der Waals surface area contributed by atoms with Gasteiger partial charge >= 0.3 is 0 Å². The van der Waals surface area contributed by atoms with Crippen molar-refractivity contribution < 1.29 is 13.9 Å². The summed E-state index contributed by atoms with van der Waals surface area (Å²) in [5.74, 6) is 0.00587. The predicted molar refractivity (Wildman–Crippen MR) is 113 cm³/mol. The van der Waals surface area contributed by atoms with E-state index in [1.165, 1.54) is 13.4 Å². The minimum atomic E-state index is -1.36. The van der Waals surface area contributed by atoms with Gasteiger partial charge in [0.05, 0.1) is 25.6 Å². The maximum atomic E-state index is 15.1. The average molecular weight is 424 g/mol. The number of rotatable bonds is 8. The summed E-state index contributed by atoms with van der Waals surface area (Å²) in [5, 5.41) is 0.133. The van der Waals surface area contributed by atoms with Gasteiger partial charge < -0.3 is 19.8 Å². The first-order valence-electron chi connectivity index (χ1n) is 9.45. The summed E-state index contributed by atoms with van der Waals surface area (Å²) in [4.78, 5) is 12.2. The molecule has 0 saturated carbocycles. The lowest BCUT2D eigenvalue weighted by Gasteiger charge is -2.25. The van der Waals surface area contributed by atoms with Gasteiger partial charge in [-0.25, -0.2) is 9.37 Å². The Morgan fingerprint density at radius 3 is 2.55 bits per heavy atom. The predicted octanol–water partition coefficient (Wildman–Crippen LogP) is 4.22. The van der Waals surface area contributed by atoms with Gasteiger partial charge in [-0.2, -0.15) is 9.97 Å². The number of fused-ring (bicyclic) bond motifs is 1. The van der Waals surface area contributed by atoms with Crippen LogP contribution in [0, 0.1) is 0 Å². The Hall–Kier alpha value is -2.29. The van der Waals surface area contributed by atoms with Crippen LogP contribution in [0.2, 0.25) is 5.15 Å². The fourth-order valence-electron chi connectivity index (χ4n) is 2.82. The molecule has 1 aromatic carbocycles. The zero-order valence-electron chi connectivity index (χ0n) is 17.0. The Labute approximate surface area is 175 Å². The van der Waals surface area contributed by atoms with E-state index in [1.807, 2.05) is 44.2 Å². The Morgan fingerprint density at radius 2 is 1.90 bits per heavy atom.